The van der Waals surface area contributed by atoms with Gasteiger partial charge in [0.25, 0.3) is 0 Å². The van der Waals surface area contributed by atoms with Gasteiger partial charge in [0.1, 0.15) is 0 Å². The smallest absolute Gasteiger partial charge is 0.228 e. The Bertz CT molecular complexity index is 682. The van der Waals surface area contributed by atoms with Crippen LogP contribution in [0.2, 0.25) is 0 Å². The molecule has 0 saturated carbocycles. The summed E-state index contributed by atoms with van der Waals surface area (Å²) < 4.78 is 5.12. The Morgan fingerprint density at radius 3 is 2.48 bits per heavy atom. The van der Waals surface area contributed by atoms with E-state index in [0.29, 0.717) is 30.6 Å². The first-order valence-electron chi connectivity index (χ1n) is 9.48. The topological polar surface area (TPSA) is 75.3 Å². The monoisotopic (exact) mass is 485 g/mol. The molecule has 0 fully saturated rings. The van der Waals surface area contributed by atoms with Crippen LogP contribution in [0.15, 0.2) is 33.8 Å². The highest BCUT2D eigenvalue weighted by Crippen LogP contribution is 2.15. The second-order valence-corrected chi connectivity index (χ2v) is 6.67. The van der Waals surface area contributed by atoms with Crippen molar-refractivity contribution in [3.05, 3.63) is 47.1 Å². The second-order valence-electron chi connectivity index (χ2n) is 6.67. The molecule has 0 bridgehead atoms. The molecule has 0 amide bonds. The van der Waals surface area contributed by atoms with Crippen LogP contribution in [-0.4, -0.2) is 35.7 Å². The minimum atomic E-state index is 0. The first-order chi connectivity index (χ1) is 12.6. The summed E-state index contributed by atoms with van der Waals surface area (Å²) in [4.78, 5) is 8.84. The number of aryl methyl sites for hydroxylation is 2. The van der Waals surface area contributed by atoms with Crippen LogP contribution in [0.25, 0.3) is 0 Å². The van der Waals surface area contributed by atoms with Gasteiger partial charge in [0.15, 0.2) is 11.8 Å². The molecule has 2 aromatic rings. The SMILES string of the molecule is CCNC(=NCCCc1ccc(C(C)C)cc1)NCCc1nc(C)no1.I. The first kappa shape index (κ1) is 23.4. The predicted octanol–water partition coefficient (Wildman–Crippen LogP) is 3.85. The molecule has 0 spiro atoms. The summed E-state index contributed by atoms with van der Waals surface area (Å²) in [6, 6.07) is 8.92. The summed E-state index contributed by atoms with van der Waals surface area (Å²) in [6.45, 7) is 10.7. The molecule has 0 aliphatic heterocycles. The van der Waals surface area contributed by atoms with E-state index in [9.17, 15) is 0 Å². The van der Waals surface area contributed by atoms with Gasteiger partial charge in [-0.15, -0.1) is 24.0 Å². The van der Waals surface area contributed by atoms with Crippen molar-refractivity contribution < 1.29 is 4.52 Å². The van der Waals surface area contributed by atoms with Crippen LogP contribution in [0.5, 0.6) is 0 Å². The van der Waals surface area contributed by atoms with Gasteiger partial charge in [-0.05, 0) is 43.7 Å². The number of aromatic nitrogens is 2. The average Bonchev–Trinajstić information content (AvgIpc) is 3.04. The van der Waals surface area contributed by atoms with Crippen molar-refractivity contribution in [2.75, 3.05) is 19.6 Å². The molecule has 1 heterocycles. The fourth-order valence-electron chi connectivity index (χ4n) is 2.61. The first-order valence-corrected chi connectivity index (χ1v) is 9.48. The van der Waals surface area contributed by atoms with Gasteiger partial charge in [0.05, 0.1) is 0 Å². The van der Waals surface area contributed by atoms with Crippen LogP contribution in [0.1, 0.15) is 56.0 Å². The van der Waals surface area contributed by atoms with E-state index in [1.54, 1.807) is 0 Å². The number of nitrogens with zero attached hydrogens (tertiary/aromatic N) is 3. The largest absolute Gasteiger partial charge is 0.357 e. The Morgan fingerprint density at radius 2 is 1.89 bits per heavy atom. The van der Waals surface area contributed by atoms with Gasteiger partial charge in [0, 0.05) is 26.1 Å². The van der Waals surface area contributed by atoms with Crippen LogP contribution >= 0.6 is 24.0 Å². The lowest BCUT2D eigenvalue weighted by atomic mass is 10.0. The summed E-state index contributed by atoms with van der Waals surface area (Å²) in [5.74, 6) is 2.73. The molecule has 1 aromatic heterocycles. The van der Waals surface area contributed by atoms with Crippen molar-refractivity contribution in [2.24, 2.45) is 4.99 Å². The van der Waals surface area contributed by atoms with Crippen molar-refractivity contribution in [1.29, 1.82) is 0 Å². The summed E-state index contributed by atoms with van der Waals surface area (Å²) in [6.07, 6.45) is 2.76. The van der Waals surface area contributed by atoms with Gasteiger partial charge in [-0.3, -0.25) is 4.99 Å². The van der Waals surface area contributed by atoms with E-state index >= 15 is 0 Å². The summed E-state index contributed by atoms with van der Waals surface area (Å²) in [5.41, 5.74) is 2.76. The van der Waals surface area contributed by atoms with Crippen molar-refractivity contribution >= 4 is 29.9 Å². The van der Waals surface area contributed by atoms with Gasteiger partial charge in [-0.1, -0.05) is 43.3 Å². The molecule has 0 radical (unpaired) electrons. The van der Waals surface area contributed by atoms with Crippen LogP contribution in [-0.2, 0) is 12.8 Å². The maximum atomic E-state index is 5.12. The highest BCUT2D eigenvalue weighted by atomic mass is 127. The number of halogens is 1. The fraction of sp³-hybridized carbons (Fsp3) is 0.550. The molecule has 0 atom stereocenters. The molecule has 6 nitrogen and oxygen atoms in total. The quantitative estimate of drug-likeness (QED) is 0.244. The van der Waals surface area contributed by atoms with Gasteiger partial charge in [0.2, 0.25) is 5.89 Å². The van der Waals surface area contributed by atoms with Gasteiger partial charge in [-0.25, -0.2) is 0 Å². The maximum absolute atomic E-state index is 5.12. The lowest BCUT2D eigenvalue weighted by molar-refractivity contribution is 0.374. The van der Waals surface area contributed by atoms with Crippen LogP contribution < -0.4 is 10.6 Å². The molecule has 2 rings (SSSR count). The minimum Gasteiger partial charge on any atom is -0.357 e. The lowest BCUT2D eigenvalue weighted by Crippen LogP contribution is -2.38. The number of guanidine groups is 1. The van der Waals surface area contributed by atoms with E-state index in [1.165, 1.54) is 11.1 Å². The van der Waals surface area contributed by atoms with E-state index in [2.05, 4.69) is 70.8 Å². The zero-order chi connectivity index (χ0) is 18.8. The number of benzene rings is 1. The number of aliphatic imine (C=N–C) groups is 1. The van der Waals surface area contributed by atoms with E-state index < -0.39 is 0 Å². The maximum Gasteiger partial charge on any atom is 0.228 e. The molecule has 0 saturated heterocycles. The van der Waals surface area contributed by atoms with E-state index in [0.717, 1.165) is 31.9 Å². The second kappa shape index (κ2) is 12.7. The van der Waals surface area contributed by atoms with Gasteiger partial charge < -0.3 is 15.2 Å². The highest BCUT2D eigenvalue weighted by molar-refractivity contribution is 14.0. The van der Waals surface area contributed by atoms with E-state index in [-0.39, 0.29) is 24.0 Å². The standard InChI is InChI=1S/C20H31N5O.HI/c1-5-21-20(23-14-12-19-24-16(4)25-26-19)22-13-6-7-17-8-10-18(11-9-17)15(2)3;/h8-11,15H,5-7,12-14H2,1-4H3,(H2,21,22,23);1H. The molecule has 0 unspecified atom stereocenters. The summed E-state index contributed by atoms with van der Waals surface area (Å²) in [7, 11) is 0. The molecule has 1 aromatic carbocycles. The number of hydrogen-bond acceptors (Lipinski definition) is 4. The lowest BCUT2D eigenvalue weighted by Gasteiger charge is -2.10. The summed E-state index contributed by atoms with van der Waals surface area (Å²) in [5, 5.41) is 10.4. The van der Waals surface area contributed by atoms with Gasteiger partial charge in [-0.2, -0.15) is 4.98 Å². The minimum absolute atomic E-state index is 0. The number of hydrogen-bond donors (Lipinski definition) is 2. The van der Waals surface area contributed by atoms with E-state index in [1.807, 2.05) is 6.92 Å². The zero-order valence-corrected chi connectivity index (χ0v) is 19.1. The molecule has 0 aliphatic rings. The van der Waals surface area contributed by atoms with E-state index in [4.69, 9.17) is 4.52 Å². The van der Waals surface area contributed by atoms with Crippen molar-refractivity contribution in [1.82, 2.24) is 20.8 Å². The Hall–Kier alpha value is -1.64. The molecule has 27 heavy (non-hydrogen) atoms. The Kier molecular flexibility index (Phi) is 11.0. The normalized spacial score (nSPS) is 11.4. The molecule has 150 valence electrons. The van der Waals surface area contributed by atoms with Crippen molar-refractivity contribution in [3.8, 4) is 0 Å². The summed E-state index contributed by atoms with van der Waals surface area (Å²) >= 11 is 0. The van der Waals surface area contributed by atoms with Crippen molar-refractivity contribution in [2.45, 2.75) is 52.9 Å². The molecule has 7 heteroatoms. The number of nitrogens with one attached hydrogen (secondary N) is 2. The third-order valence-corrected chi connectivity index (χ3v) is 4.09. The molecular weight excluding hydrogens is 453 g/mol. The molecule has 2 N–H and O–H groups in total. The zero-order valence-electron chi connectivity index (χ0n) is 16.8. The van der Waals surface area contributed by atoms with Crippen LogP contribution in [0.3, 0.4) is 0 Å². The third-order valence-electron chi connectivity index (χ3n) is 4.09. The fourth-order valence-corrected chi connectivity index (χ4v) is 2.61. The van der Waals surface area contributed by atoms with Crippen LogP contribution in [0, 0.1) is 6.92 Å². The molecule has 0 aliphatic carbocycles. The van der Waals surface area contributed by atoms with Crippen LogP contribution in [0.4, 0.5) is 0 Å². The Labute approximate surface area is 179 Å². The Morgan fingerprint density at radius 1 is 1.15 bits per heavy atom. The Balaban J connectivity index is 0.00000364. The third kappa shape index (κ3) is 8.73. The predicted molar refractivity (Wildman–Crippen MR) is 121 cm³/mol. The van der Waals surface area contributed by atoms with Crippen molar-refractivity contribution in [3.63, 3.8) is 0 Å². The van der Waals surface area contributed by atoms with Gasteiger partial charge >= 0.3 is 0 Å². The highest BCUT2D eigenvalue weighted by Gasteiger charge is 2.03. The molecular formula is C20H32IN5O. The number of rotatable bonds is 9. The average molecular weight is 485 g/mol.